The third kappa shape index (κ3) is 6.82. The molecule has 106 valence electrons. The Morgan fingerprint density at radius 1 is 1.47 bits per heavy atom. The van der Waals surface area contributed by atoms with E-state index in [0.29, 0.717) is 12.3 Å². The van der Waals surface area contributed by atoms with Crippen molar-refractivity contribution in [3.05, 3.63) is 29.8 Å². The van der Waals surface area contributed by atoms with Crippen LogP contribution >= 0.6 is 0 Å². The first kappa shape index (κ1) is 15.5. The minimum Gasteiger partial charge on any atom is -0.484 e. The van der Waals surface area contributed by atoms with Crippen molar-refractivity contribution in [3.63, 3.8) is 0 Å². The zero-order valence-corrected chi connectivity index (χ0v) is 11.8. The van der Waals surface area contributed by atoms with E-state index in [9.17, 15) is 4.79 Å². The van der Waals surface area contributed by atoms with Gasteiger partial charge >= 0.3 is 0 Å². The molecule has 1 unspecified atom stereocenters. The fourth-order valence-electron chi connectivity index (χ4n) is 1.74. The Hall–Kier alpha value is -1.55. The SMILES string of the molecule is CCCCNC(=O)COc1cccc(CC(C)N)c1. The van der Waals surface area contributed by atoms with Crippen LogP contribution in [0.15, 0.2) is 24.3 Å². The number of carbonyl (C=O) groups is 1. The fourth-order valence-corrected chi connectivity index (χ4v) is 1.74. The van der Waals surface area contributed by atoms with Gasteiger partial charge in [-0.05, 0) is 37.5 Å². The van der Waals surface area contributed by atoms with Crippen molar-refractivity contribution in [1.29, 1.82) is 0 Å². The second-order valence-corrected chi connectivity index (χ2v) is 4.82. The molecule has 4 heteroatoms. The van der Waals surface area contributed by atoms with Crippen LogP contribution in [0.2, 0.25) is 0 Å². The Labute approximate surface area is 115 Å². The summed E-state index contributed by atoms with van der Waals surface area (Å²) in [5.74, 6) is 0.634. The second-order valence-electron chi connectivity index (χ2n) is 4.82. The first-order valence-corrected chi connectivity index (χ1v) is 6.85. The number of benzene rings is 1. The van der Waals surface area contributed by atoms with Crippen molar-refractivity contribution < 1.29 is 9.53 Å². The minimum atomic E-state index is -0.0777. The largest absolute Gasteiger partial charge is 0.484 e. The van der Waals surface area contributed by atoms with Gasteiger partial charge in [-0.15, -0.1) is 0 Å². The van der Waals surface area contributed by atoms with Gasteiger partial charge in [-0.3, -0.25) is 4.79 Å². The van der Waals surface area contributed by atoms with E-state index in [1.165, 1.54) is 0 Å². The molecule has 0 saturated heterocycles. The lowest BCUT2D eigenvalue weighted by Crippen LogP contribution is -2.29. The quantitative estimate of drug-likeness (QED) is 0.705. The average molecular weight is 264 g/mol. The molecule has 1 aromatic carbocycles. The number of carbonyl (C=O) groups excluding carboxylic acids is 1. The maximum absolute atomic E-state index is 11.5. The van der Waals surface area contributed by atoms with Gasteiger partial charge in [0.15, 0.2) is 6.61 Å². The molecular formula is C15H24N2O2. The number of ether oxygens (including phenoxy) is 1. The molecule has 0 spiro atoms. The number of amides is 1. The molecule has 0 bridgehead atoms. The van der Waals surface area contributed by atoms with Gasteiger partial charge in [0.25, 0.3) is 5.91 Å². The fraction of sp³-hybridized carbons (Fsp3) is 0.533. The monoisotopic (exact) mass is 264 g/mol. The van der Waals surface area contributed by atoms with Crippen LogP contribution in [0.25, 0.3) is 0 Å². The molecule has 3 N–H and O–H groups in total. The third-order valence-corrected chi connectivity index (χ3v) is 2.68. The van der Waals surface area contributed by atoms with E-state index in [2.05, 4.69) is 12.2 Å². The van der Waals surface area contributed by atoms with E-state index >= 15 is 0 Å². The van der Waals surface area contributed by atoms with Crippen LogP contribution in [-0.4, -0.2) is 25.1 Å². The number of rotatable bonds is 8. The lowest BCUT2D eigenvalue weighted by atomic mass is 10.1. The minimum absolute atomic E-state index is 0.0609. The lowest BCUT2D eigenvalue weighted by Gasteiger charge is -2.09. The van der Waals surface area contributed by atoms with Crippen molar-refractivity contribution in [2.24, 2.45) is 5.73 Å². The van der Waals surface area contributed by atoms with E-state index in [4.69, 9.17) is 10.5 Å². The molecule has 1 rings (SSSR count). The predicted molar refractivity (Wildman–Crippen MR) is 77.2 cm³/mol. The molecule has 1 amide bonds. The molecule has 19 heavy (non-hydrogen) atoms. The molecular weight excluding hydrogens is 240 g/mol. The second kappa shape index (κ2) is 8.53. The summed E-state index contributed by atoms with van der Waals surface area (Å²) in [5, 5.41) is 2.82. The van der Waals surface area contributed by atoms with Crippen molar-refractivity contribution in [3.8, 4) is 5.75 Å². The number of unbranched alkanes of at least 4 members (excludes halogenated alkanes) is 1. The van der Waals surface area contributed by atoms with Gasteiger partial charge in [0.1, 0.15) is 5.75 Å². The zero-order chi connectivity index (χ0) is 14.1. The molecule has 1 aromatic rings. The summed E-state index contributed by atoms with van der Waals surface area (Å²) in [6.45, 7) is 4.83. The molecule has 0 radical (unpaired) electrons. The highest BCUT2D eigenvalue weighted by atomic mass is 16.5. The molecule has 0 saturated carbocycles. The summed E-state index contributed by atoms with van der Waals surface area (Å²) < 4.78 is 5.47. The van der Waals surface area contributed by atoms with E-state index in [-0.39, 0.29) is 18.6 Å². The molecule has 0 aromatic heterocycles. The highest BCUT2D eigenvalue weighted by molar-refractivity contribution is 5.77. The van der Waals surface area contributed by atoms with Crippen LogP contribution in [-0.2, 0) is 11.2 Å². The Kier molecular flexibility index (Phi) is 6.97. The van der Waals surface area contributed by atoms with Crippen LogP contribution < -0.4 is 15.8 Å². The van der Waals surface area contributed by atoms with E-state index in [1.807, 2.05) is 31.2 Å². The van der Waals surface area contributed by atoms with Crippen LogP contribution in [0.4, 0.5) is 0 Å². The third-order valence-electron chi connectivity index (χ3n) is 2.68. The summed E-state index contributed by atoms with van der Waals surface area (Å²) in [4.78, 5) is 11.5. The van der Waals surface area contributed by atoms with E-state index < -0.39 is 0 Å². The average Bonchev–Trinajstić information content (AvgIpc) is 2.36. The Balaban J connectivity index is 2.38. The number of hydrogen-bond donors (Lipinski definition) is 2. The van der Waals surface area contributed by atoms with E-state index in [1.54, 1.807) is 0 Å². The summed E-state index contributed by atoms with van der Waals surface area (Å²) in [6, 6.07) is 7.83. The van der Waals surface area contributed by atoms with Crippen molar-refractivity contribution in [1.82, 2.24) is 5.32 Å². The Morgan fingerprint density at radius 3 is 2.95 bits per heavy atom. The van der Waals surface area contributed by atoms with Crippen molar-refractivity contribution in [2.75, 3.05) is 13.2 Å². The molecule has 4 nitrogen and oxygen atoms in total. The van der Waals surface area contributed by atoms with Crippen molar-refractivity contribution in [2.45, 2.75) is 39.2 Å². The molecule has 0 heterocycles. The van der Waals surface area contributed by atoms with Gasteiger partial charge in [0.2, 0.25) is 0 Å². The highest BCUT2D eigenvalue weighted by Gasteiger charge is 2.03. The lowest BCUT2D eigenvalue weighted by molar-refractivity contribution is -0.123. The van der Waals surface area contributed by atoms with Crippen LogP contribution in [0.1, 0.15) is 32.3 Å². The maximum Gasteiger partial charge on any atom is 0.257 e. The van der Waals surface area contributed by atoms with Crippen molar-refractivity contribution >= 4 is 5.91 Å². The predicted octanol–water partition coefficient (Wildman–Crippen LogP) is 1.87. The van der Waals surface area contributed by atoms with E-state index in [0.717, 1.165) is 24.8 Å². The number of nitrogens with two attached hydrogens (primary N) is 1. The van der Waals surface area contributed by atoms with Gasteiger partial charge in [0.05, 0.1) is 0 Å². The summed E-state index contributed by atoms with van der Waals surface area (Å²) in [5.41, 5.74) is 6.88. The first-order valence-electron chi connectivity index (χ1n) is 6.85. The van der Waals surface area contributed by atoms with Gasteiger partial charge in [-0.2, -0.15) is 0 Å². The Morgan fingerprint density at radius 2 is 2.26 bits per heavy atom. The standard InChI is InChI=1S/C15H24N2O2/c1-3-4-8-17-15(18)11-19-14-7-5-6-13(10-14)9-12(2)16/h5-7,10,12H,3-4,8-9,11,16H2,1-2H3,(H,17,18). The van der Waals surface area contributed by atoms with Crippen LogP contribution in [0, 0.1) is 0 Å². The smallest absolute Gasteiger partial charge is 0.257 e. The highest BCUT2D eigenvalue weighted by Crippen LogP contribution is 2.14. The molecule has 0 fully saturated rings. The molecule has 0 aliphatic rings. The van der Waals surface area contributed by atoms with Gasteiger partial charge in [0, 0.05) is 12.6 Å². The zero-order valence-electron chi connectivity index (χ0n) is 11.8. The normalized spacial score (nSPS) is 11.9. The maximum atomic E-state index is 11.5. The number of nitrogens with one attached hydrogen (secondary N) is 1. The Bertz CT molecular complexity index is 391. The molecule has 0 aliphatic carbocycles. The molecule has 1 atom stereocenters. The number of hydrogen-bond acceptors (Lipinski definition) is 3. The summed E-state index contributed by atoms with van der Waals surface area (Å²) >= 11 is 0. The topological polar surface area (TPSA) is 64.3 Å². The molecule has 0 aliphatic heterocycles. The first-order chi connectivity index (χ1) is 9.11. The van der Waals surface area contributed by atoms with Gasteiger partial charge < -0.3 is 15.8 Å². The van der Waals surface area contributed by atoms with Gasteiger partial charge in [-0.25, -0.2) is 0 Å². The summed E-state index contributed by atoms with van der Waals surface area (Å²) in [7, 11) is 0. The van der Waals surface area contributed by atoms with Crippen LogP contribution in [0.3, 0.4) is 0 Å². The van der Waals surface area contributed by atoms with Crippen LogP contribution in [0.5, 0.6) is 5.75 Å². The van der Waals surface area contributed by atoms with Gasteiger partial charge in [-0.1, -0.05) is 25.5 Å². The summed E-state index contributed by atoms with van der Waals surface area (Å²) in [6.07, 6.45) is 2.87.